The highest BCUT2D eigenvalue weighted by molar-refractivity contribution is 5.96. The van der Waals surface area contributed by atoms with Gasteiger partial charge < -0.3 is 14.0 Å². The number of aromatic nitrogens is 3. The van der Waals surface area contributed by atoms with Gasteiger partial charge >= 0.3 is 0 Å². The van der Waals surface area contributed by atoms with Gasteiger partial charge in [-0.2, -0.15) is 4.98 Å². The van der Waals surface area contributed by atoms with Crippen LogP contribution in [0.25, 0.3) is 0 Å². The van der Waals surface area contributed by atoms with E-state index in [0.717, 1.165) is 61.6 Å². The smallest absolute Gasteiger partial charge is 0.256 e. The second kappa shape index (κ2) is 5.76. The second-order valence-electron chi connectivity index (χ2n) is 6.95. The van der Waals surface area contributed by atoms with Crippen molar-refractivity contribution >= 4 is 5.91 Å². The van der Waals surface area contributed by atoms with Gasteiger partial charge in [-0.3, -0.25) is 4.79 Å². The predicted octanol–water partition coefficient (Wildman–Crippen LogP) is 3.36. The molecule has 24 heavy (non-hydrogen) atoms. The normalized spacial score (nSPS) is 20.8. The number of carbonyl (C=O) groups is 1. The number of rotatable bonds is 4. The molecule has 3 heterocycles. The molecular weight excluding hydrogens is 304 g/mol. The molecule has 0 N–H and O–H groups in total. The quantitative estimate of drug-likeness (QED) is 0.863. The second-order valence-corrected chi connectivity index (χ2v) is 6.95. The fourth-order valence-corrected chi connectivity index (χ4v) is 3.82. The van der Waals surface area contributed by atoms with Gasteiger partial charge in [-0.25, -0.2) is 0 Å². The number of amides is 1. The Labute approximate surface area is 141 Å². The van der Waals surface area contributed by atoms with E-state index in [1.165, 1.54) is 0 Å². The van der Waals surface area contributed by atoms with E-state index in [0.29, 0.717) is 11.7 Å². The minimum absolute atomic E-state index is 0.0570. The highest BCUT2D eigenvalue weighted by atomic mass is 16.5. The zero-order valence-electron chi connectivity index (χ0n) is 14.6. The van der Waals surface area contributed by atoms with E-state index in [1.54, 1.807) is 0 Å². The van der Waals surface area contributed by atoms with Crippen LogP contribution in [0.15, 0.2) is 10.6 Å². The van der Waals surface area contributed by atoms with Gasteiger partial charge in [0.15, 0.2) is 5.82 Å². The molecule has 2 fully saturated rings. The van der Waals surface area contributed by atoms with E-state index in [-0.39, 0.29) is 11.9 Å². The number of nitrogens with zero attached hydrogens (tertiary/aromatic N) is 4. The van der Waals surface area contributed by atoms with Gasteiger partial charge in [-0.05, 0) is 52.5 Å². The molecule has 0 bridgehead atoms. The number of likely N-dealkylation sites (tertiary alicyclic amines) is 1. The highest BCUT2D eigenvalue weighted by Crippen LogP contribution is 2.40. The van der Waals surface area contributed by atoms with Crippen LogP contribution in [-0.2, 0) is 6.54 Å². The van der Waals surface area contributed by atoms with Crippen molar-refractivity contribution in [1.82, 2.24) is 19.6 Å². The molecule has 1 amide bonds. The van der Waals surface area contributed by atoms with Crippen molar-refractivity contribution in [3.8, 4) is 0 Å². The summed E-state index contributed by atoms with van der Waals surface area (Å²) in [6.45, 7) is 7.81. The first kappa shape index (κ1) is 15.4. The summed E-state index contributed by atoms with van der Waals surface area (Å²) in [6, 6.07) is 1.95. The highest BCUT2D eigenvalue weighted by Gasteiger charge is 2.37. The zero-order valence-corrected chi connectivity index (χ0v) is 14.6. The molecule has 2 aromatic heterocycles. The summed E-state index contributed by atoms with van der Waals surface area (Å²) in [4.78, 5) is 19.6. The molecule has 0 spiro atoms. The molecule has 6 heteroatoms. The Kier molecular flexibility index (Phi) is 3.70. The van der Waals surface area contributed by atoms with Crippen LogP contribution >= 0.6 is 0 Å². The molecule has 0 radical (unpaired) electrons. The van der Waals surface area contributed by atoms with Crippen molar-refractivity contribution in [3.05, 3.63) is 34.7 Å². The molecule has 4 rings (SSSR count). The summed E-state index contributed by atoms with van der Waals surface area (Å²) in [5, 5.41) is 4.16. The molecule has 1 atom stereocenters. The van der Waals surface area contributed by atoms with Crippen LogP contribution in [-0.4, -0.2) is 32.1 Å². The summed E-state index contributed by atoms with van der Waals surface area (Å²) in [6.07, 6.45) is 4.16. The SMILES string of the molecule is CCn1c(C)cc(C(=O)N2CCC[C@@H]2c2noc(C3CC3)n2)c1C. The lowest BCUT2D eigenvalue weighted by atomic mass is 10.1. The van der Waals surface area contributed by atoms with Crippen molar-refractivity contribution in [2.45, 2.75) is 65.0 Å². The third-order valence-corrected chi connectivity index (χ3v) is 5.32. The van der Waals surface area contributed by atoms with E-state index < -0.39 is 0 Å². The number of hydrogen-bond acceptors (Lipinski definition) is 4. The average molecular weight is 328 g/mol. The van der Waals surface area contributed by atoms with Gasteiger partial charge in [-0.15, -0.1) is 0 Å². The molecule has 128 valence electrons. The number of hydrogen-bond donors (Lipinski definition) is 0. The Bertz CT molecular complexity index is 772. The van der Waals surface area contributed by atoms with Crippen molar-refractivity contribution in [1.29, 1.82) is 0 Å². The van der Waals surface area contributed by atoms with E-state index in [1.807, 2.05) is 17.9 Å². The standard InChI is InChI=1S/C18H24N4O2/c1-4-21-11(2)10-14(12(21)3)18(23)22-9-5-6-15(22)16-19-17(24-20-16)13-7-8-13/h10,13,15H,4-9H2,1-3H3/t15-/m1/s1. The van der Waals surface area contributed by atoms with Gasteiger partial charge in [0, 0.05) is 30.4 Å². The third kappa shape index (κ3) is 2.44. The third-order valence-electron chi connectivity index (χ3n) is 5.32. The van der Waals surface area contributed by atoms with Crippen molar-refractivity contribution in [2.75, 3.05) is 6.54 Å². The average Bonchev–Trinajstić information content (AvgIpc) is 3.00. The maximum atomic E-state index is 13.1. The molecule has 1 aliphatic heterocycles. The molecule has 2 aliphatic rings. The summed E-state index contributed by atoms with van der Waals surface area (Å²) < 4.78 is 7.57. The molecule has 1 saturated carbocycles. The van der Waals surface area contributed by atoms with E-state index in [9.17, 15) is 4.79 Å². The molecule has 2 aromatic rings. The lowest BCUT2D eigenvalue weighted by molar-refractivity contribution is 0.0727. The Morgan fingerprint density at radius 3 is 2.79 bits per heavy atom. The maximum absolute atomic E-state index is 13.1. The molecule has 6 nitrogen and oxygen atoms in total. The molecule has 1 saturated heterocycles. The fraction of sp³-hybridized carbons (Fsp3) is 0.611. The topological polar surface area (TPSA) is 64.2 Å². The van der Waals surface area contributed by atoms with Crippen LogP contribution in [0.2, 0.25) is 0 Å². The first-order chi connectivity index (χ1) is 11.6. The largest absolute Gasteiger partial charge is 0.349 e. The van der Waals surface area contributed by atoms with E-state index in [4.69, 9.17) is 4.52 Å². The maximum Gasteiger partial charge on any atom is 0.256 e. The number of aryl methyl sites for hydroxylation is 1. The van der Waals surface area contributed by atoms with Gasteiger partial charge in [-0.1, -0.05) is 5.16 Å². The first-order valence-electron chi connectivity index (χ1n) is 8.91. The van der Waals surface area contributed by atoms with Crippen molar-refractivity contribution in [2.24, 2.45) is 0 Å². The van der Waals surface area contributed by atoms with Gasteiger partial charge in [0.1, 0.15) is 0 Å². The monoisotopic (exact) mass is 328 g/mol. The minimum atomic E-state index is -0.0570. The lowest BCUT2D eigenvalue weighted by Crippen LogP contribution is -2.31. The molecule has 0 unspecified atom stereocenters. The molecule has 0 aromatic carbocycles. The van der Waals surface area contributed by atoms with Crippen LogP contribution in [0.1, 0.15) is 78.0 Å². The summed E-state index contributed by atoms with van der Waals surface area (Å²) in [5.41, 5.74) is 2.97. The van der Waals surface area contributed by atoms with Gasteiger partial charge in [0.2, 0.25) is 5.89 Å². The number of carbonyl (C=O) groups excluding carboxylic acids is 1. The van der Waals surface area contributed by atoms with Gasteiger partial charge in [0.05, 0.1) is 11.6 Å². The Morgan fingerprint density at radius 1 is 1.33 bits per heavy atom. The summed E-state index contributed by atoms with van der Waals surface area (Å²) in [5.74, 6) is 1.95. The summed E-state index contributed by atoms with van der Waals surface area (Å²) >= 11 is 0. The first-order valence-corrected chi connectivity index (χ1v) is 8.91. The van der Waals surface area contributed by atoms with Crippen LogP contribution in [0.3, 0.4) is 0 Å². The Balaban J connectivity index is 1.60. The van der Waals surface area contributed by atoms with E-state index >= 15 is 0 Å². The Hall–Kier alpha value is -2.11. The van der Waals surface area contributed by atoms with E-state index in [2.05, 4.69) is 28.6 Å². The lowest BCUT2D eigenvalue weighted by Gasteiger charge is -2.22. The van der Waals surface area contributed by atoms with Crippen LogP contribution in [0.4, 0.5) is 0 Å². The molecular formula is C18H24N4O2. The fourth-order valence-electron chi connectivity index (χ4n) is 3.82. The summed E-state index contributed by atoms with van der Waals surface area (Å²) in [7, 11) is 0. The van der Waals surface area contributed by atoms with Crippen molar-refractivity contribution in [3.63, 3.8) is 0 Å². The minimum Gasteiger partial charge on any atom is -0.349 e. The zero-order chi connectivity index (χ0) is 16.8. The van der Waals surface area contributed by atoms with Crippen LogP contribution in [0.5, 0.6) is 0 Å². The van der Waals surface area contributed by atoms with Crippen LogP contribution < -0.4 is 0 Å². The molecule has 1 aliphatic carbocycles. The predicted molar refractivity (Wildman–Crippen MR) is 88.9 cm³/mol. The van der Waals surface area contributed by atoms with Crippen molar-refractivity contribution < 1.29 is 9.32 Å². The van der Waals surface area contributed by atoms with Gasteiger partial charge in [0.25, 0.3) is 5.91 Å². The van der Waals surface area contributed by atoms with Crippen LogP contribution in [0, 0.1) is 13.8 Å². The Morgan fingerprint density at radius 2 is 2.12 bits per heavy atom.